The van der Waals surface area contributed by atoms with Crippen LogP contribution in [0.3, 0.4) is 0 Å². The van der Waals surface area contributed by atoms with Crippen molar-refractivity contribution in [3.63, 3.8) is 0 Å². The van der Waals surface area contributed by atoms with Crippen molar-refractivity contribution >= 4 is 46.1 Å². The SMILES string of the molecule is N#Cc1cn(C(=O)/C=C/c2ccc(-c3ccc(Cl)cc3Cl)o2)c2ccccc12. The number of hydrogen-bond acceptors (Lipinski definition) is 3. The van der Waals surface area contributed by atoms with E-state index in [2.05, 4.69) is 6.07 Å². The zero-order chi connectivity index (χ0) is 19.7. The van der Waals surface area contributed by atoms with Gasteiger partial charge in [0.25, 0.3) is 5.91 Å². The van der Waals surface area contributed by atoms with Crippen molar-refractivity contribution in [1.82, 2.24) is 4.57 Å². The molecular formula is C22H12Cl2N2O2. The van der Waals surface area contributed by atoms with Crippen molar-refractivity contribution < 1.29 is 9.21 Å². The number of furan rings is 1. The number of benzene rings is 2. The van der Waals surface area contributed by atoms with E-state index in [0.29, 0.717) is 38.2 Å². The second-order valence-electron chi connectivity index (χ2n) is 6.04. The zero-order valence-electron chi connectivity index (χ0n) is 14.4. The highest BCUT2D eigenvalue weighted by molar-refractivity contribution is 6.36. The zero-order valence-corrected chi connectivity index (χ0v) is 15.9. The van der Waals surface area contributed by atoms with Crippen LogP contribution < -0.4 is 0 Å². The van der Waals surface area contributed by atoms with Crippen LogP contribution in [0.5, 0.6) is 0 Å². The molecule has 0 bridgehead atoms. The standard InChI is InChI=1S/C22H12Cl2N2O2/c23-15-5-8-18(19(24)11-15)21-9-6-16(28-21)7-10-22(27)26-13-14(12-25)17-3-1-2-4-20(17)26/h1-11,13H/b10-7+. The maximum atomic E-state index is 12.6. The molecule has 0 saturated heterocycles. The van der Waals surface area contributed by atoms with E-state index < -0.39 is 0 Å². The molecule has 4 rings (SSSR count). The molecule has 4 nitrogen and oxygen atoms in total. The van der Waals surface area contributed by atoms with E-state index in [1.54, 1.807) is 48.7 Å². The first kappa shape index (κ1) is 18.1. The van der Waals surface area contributed by atoms with Gasteiger partial charge in [0.15, 0.2) is 0 Å². The molecule has 0 aliphatic rings. The monoisotopic (exact) mass is 406 g/mol. The van der Waals surface area contributed by atoms with Crippen LogP contribution in [0.4, 0.5) is 0 Å². The molecule has 2 aromatic carbocycles. The fourth-order valence-electron chi connectivity index (χ4n) is 2.96. The highest BCUT2D eigenvalue weighted by Gasteiger charge is 2.12. The summed E-state index contributed by atoms with van der Waals surface area (Å²) >= 11 is 12.1. The summed E-state index contributed by atoms with van der Waals surface area (Å²) in [5.74, 6) is 0.804. The van der Waals surface area contributed by atoms with Crippen molar-refractivity contribution in [1.29, 1.82) is 5.26 Å². The lowest BCUT2D eigenvalue weighted by Crippen LogP contribution is -2.04. The lowest BCUT2D eigenvalue weighted by atomic mass is 10.2. The number of allylic oxidation sites excluding steroid dienone is 1. The number of nitriles is 1. The number of carbonyl (C=O) groups excluding carboxylic acids is 1. The van der Waals surface area contributed by atoms with Crippen LogP contribution in [0.15, 0.2) is 71.3 Å². The number of aromatic nitrogens is 1. The molecule has 0 spiro atoms. The predicted octanol–water partition coefficient (Wildman–Crippen LogP) is 6.43. The van der Waals surface area contributed by atoms with E-state index in [1.807, 2.05) is 18.2 Å². The van der Waals surface area contributed by atoms with Gasteiger partial charge in [-0.25, -0.2) is 0 Å². The van der Waals surface area contributed by atoms with Crippen molar-refractivity contribution in [2.75, 3.05) is 0 Å². The van der Waals surface area contributed by atoms with Crippen LogP contribution in [-0.2, 0) is 0 Å². The minimum atomic E-state index is -0.278. The molecule has 136 valence electrons. The molecule has 0 unspecified atom stereocenters. The molecule has 0 radical (unpaired) electrons. The molecule has 28 heavy (non-hydrogen) atoms. The van der Waals surface area contributed by atoms with Gasteiger partial charge in [0.05, 0.1) is 16.1 Å². The molecule has 0 atom stereocenters. The maximum absolute atomic E-state index is 12.6. The van der Waals surface area contributed by atoms with Gasteiger partial charge in [-0.15, -0.1) is 0 Å². The molecule has 0 saturated carbocycles. The molecule has 0 aliphatic carbocycles. The molecule has 0 amide bonds. The normalized spacial score (nSPS) is 11.2. The van der Waals surface area contributed by atoms with E-state index in [0.717, 1.165) is 5.39 Å². The number of rotatable bonds is 3. The van der Waals surface area contributed by atoms with Crippen LogP contribution in [-0.4, -0.2) is 10.5 Å². The first-order chi connectivity index (χ1) is 13.6. The number of halogens is 2. The lowest BCUT2D eigenvalue weighted by Gasteiger charge is -2.01. The first-order valence-electron chi connectivity index (χ1n) is 8.34. The van der Waals surface area contributed by atoms with Crippen molar-refractivity contribution in [3.05, 3.63) is 88.2 Å². The van der Waals surface area contributed by atoms with Crippen LogP contribution in [0, 0.1) is 11.3 Å². The van der Waals surface area contributed by atoms with Crippen molar-refractivity contribution in [3.8, 4) is 17.4 Å². The van der Waals surface area contributed by atoms with E-state index in [9.17, 15) is 10.1 Å². The minimum Gasteiger partial charge on any atom is -0.457 e. The number of para-hydroxylation sites is 1. The average Bonchev–Trinajstić information content (AvgIpc) is 3.31. The van der Waals surface area contributed by atoms with Gasteiger partial charge in [-0.3, -0.25) is 9.36 Å². The summed E-state index contributed by atoms with van der Waals surface area (Å²) in [6.07, 6.45) is 4.52. The number of hydrogen-bond donors (Lipinski definition) is 0. The fourth-order valence-corrected chi connectivity index (χ4v) is 3.46. The summed E-state index contributed by atoms with van der Waals surface area (Å²) < 4.78 is 7.21. The van der Waals surface area contributed by atoms with Crippen LogP contribution >= 0.6 is 23.2 Å². The lowest BCUT2D eigenvalue weighted by molar-refractivity contribution is 0.0974. The maximum Gasteiger partial charge on any atom is 0.255 e. The van der Waals surface area contributed by atoms with Gasteiger partial charge in [-0.2, -0.15) is 5.26 Å². The van der Waals surface area contributed by atoms with Crippen molar-refractivity contribution in [2.24, 2.45) is 0 Å². The molecule has 0 aliphatic heterocycles. The molecular weight excluding hydrogens is 395 g/mol. The fraction of sp³-hybridized carbons (Fsp3) is 0. The van der Waals surface area contributed by atoms with Crippen LogP contribution in [0.2, 0.25) is 10.0 Å². The topological polar surface area (TPSA) is 58.9 Å². The van der Waals surface area contributed by atoms with Gasteiger partial charge < -0.3 is 4.42 Å². The van der Waals surface area contributed by atoms with Gasteiger partial charge in [0.1, 0.15) is 17.6 Å². The number of fused-ring (bicyclic) bond motifs is 1. The Morgan fingerprint density at radius 2 is 1.93 bits per heavy atom. The third-order valence-corrected chi connectivity index (χ3v) is 4.83. The molecule has 0 N–H and O–H groups in total. The van der Waals surface area contributed by atoms with Crippen molar-refractivity contribution in [2.45, 2.75) is 0 Å². The summed E-state index contributed by atoms with van der Waals surface area (Å²) in [6, 6.07) is 18.1. The van der Waals surface area contributed by atoms with Gasteiger partial charge >= 0.3 is 0 Å². The van der Waals surface area contributed by atoms with Gasteiger partial charge in [-0.1, -0.05) is 41.4 Å². The highest BCUT2D eigenvalue weighted by atomic mass is 35.5. The average molecular weight is 407 g/mol. The van der Waals surface area contributed by atoms with E-state index in [-0.39, 0.29) is 5.91 Å². The Labute approximate surface area is 170 Å². The summed E-state index contributed by atoms with van der Waals surface area (Å²) in [4.78, 5) is 12.6. The smallest absolute Gasteiger partial charge is 0.255 e. The number of nitrogens with zero attached hydrogens (tertiary/aromatic N) is 2. The summed E-state index contributed by atoms with van der Waals surface area (Å²) in [7, 11) is 0. The molecule has 2 aromatic heterocycles. The Morgan fingerprint density at radius 1 is 1.11 bits per heavy atom. The third kappa shape index (κ3) is 3.34. The quantitative estimate of drug-likeness (QED) is 0.368. The van der Waals surface area contributed by atoms with Gasteiger partial charge in [0.2, 0.25) is 0 Å². The highest BCUT2D eigenvalue weighted by Crippen LogP contribution is 2.31. The summed E-state index contributed by atoms with van der Waals surface area (Å²) in [6.45, 7) is 0. The second kappa shape index (κ2) is 7.40. The Bertz CT molecular complexity index is 1280. The predicted molar refractivity (Wildman–Crippen MR) is 110 cm³/mol. The molecule has 4 aromatic rings. The Morgan fingerprint density at radius 3 is 2.71 bits per heavy atom. The largest absolute Gasteiger partial charge is 0.457 e. The van der Waals surface area contributed by atoms with Crippen LogP contribution in [0.1, 0.15) is 16.1 Å². The molecule has 2 heterocycles. The Hall–Kier alpha value is -3.26. The van der Waals surface area contributed by atoms with Gasteiger partial charge in [-0.05, 0) is 42.5 Å². The van der Waals surface area contributed by atoms with E-state index in [4.69, 9.17) is 27.6 Å². The Balaban J connectivity index is 1.61. The van der Waals surface area contributed by atoms with Crippen LogP contribution in [0.25, 0.3) is 28.3 Å². The molecule has 6 heteroatoms. The van der Waals surface area contributed by atoms with E-state index >= 15 is 0 Å². The summed E-state index contributed by atoms with van der Waals surface area (Å²) in [5, 5.41) is 11.0. The minimum absolute atomic E-state index is 0.278. The second-order valence-corrected chi connectivity index (χ2v) is 6.88. The first-order valence-corrected chi connectivity index (χ1v) is 9.10. The van der Waals surface area contributed by atoms with E-state index in [1.165, 1.54) is 10.6 Å². The number of carbonyl (C=O) groups is 1. The third-order valence-electron chi connectivity index (χ3n) is 4.28. The van der Waals surface area contributed by atoms with Gasteiger partial charge in [0, 0.05) is 28.2 Å². The Kier molecular flexibility index (Phi) is 4.79. The summed E-state index contributed by atoms with van der Waals surface area (Å²) in [5.41, 5.74) is 1.85. The molecule has 0 fully saturated rings.